The van der Waals surface area contributed by atoms with Crippen LogP contribution in [0.4, 0.5) is 4.79 Å². The number of primary amides is 1. The minimum Gasteiger partial charge on any atom is -0.449 e. The van der Waals surface area contributed by atoms with Gasteiger partial charge in [-0.05, 0) is 22.3 Å². The zero-order valence-electron chi connectivity index (χ0n) is 13.9. The van der Waals surface area contributed by atoms with Crippen LogP contribution < -0.4 is 5.73 Å². The molecule has 3 amide bonds. The molecule has 0 bridgehead atoms. The van der Waals surface area contributed by atoms with Gasteiger partial charge in [-0.15, -0.1) is 0 Å². The van der Waals surface area contributed by atoms with Gasteiger partial charge in [-0.25, -0.2) is 4.79 Å². The molecular weight excluding hydrogens is 336 g/mol. The van der Waals surface area contributed by atoms with Crippen molar-refractivity contribution >= 4 is 17.9 Å². The molecule has 0 radical (unpaired) electrons. The van der Waals surface area contributed by atoms with Crippen LogP contribution in [-0.2, 0) is 14.3 Å². The number of ether oxygens (including phenoxy) is 1. The fourth-order valence-electron chi connectivity index (χ4n) is 3.17. The number of benzene rings is 2. The van der Waals surface area contributed by atoms with Crippen LogP contribution >= 0.6 is 0 Å². The zero-order chi connectivity index (χ0) is 18.7. The fourth-order valence-corrected chi connectivity index (χ4v) is 3.17. The average Bonchev–Trinajstić information content (AvgIpc) is 3.12. The van der Waals surface area contributed by atoms with Crippen molar-refractivity contribution in [2.75, 3.05) is 6.61 Å². The Hall–Kier alpha value is -3.19. The molecule has 2 aliphatic rings. The number of carbonyl (C=O) groups is 3. The van der Waals surface area contributed by atoms with Crippen molar-refractivity contribution in [3.05, 3.63) is 59.7 Å². The lowest BCUT2D eigenvalue weighted by Gasteiger charge is -2.12. The number of carbonyl (C=O) groups excluding carboxylic acids is 3. The van der Waals surface area contributed by atoms with Crippen LogP contribution in [-0.4, -0.2) is 34.8 Å². The molecular formula is C19H18N2O5. The predicted octanol–water partition coefficient (Wildman–Crippen LogP) is 2.42. The predicted molar refractivity (Wildman–Crippen MR) is 92.1 cm³/mol. The molecule has 1 aliphatic heterocycles. The van der Waals surface area contributed by atoms with Gasteiger partial charge in [0, 0.05) is 18.8 Å². The molecule has 1 aliphatic carbocycles. The Morgan fingerprint density at radius 2 is 1.46 bits per heavy atom. The van der Waals surface area contributed by atoms with Crippen LogP contribution in [0, 0.1) is 0 Å². The maximum Gasteiger partial charge on any atom is 0.404 e. The summed E-state index contributed by atoms with van der Waals surface area (Å²) in [6, 6.07) is 16.4. The van der Waals surface area contributed by atoms with E-state index in [0.717, 1.165) is 0 Å². The zero-order valence-corrected chi connectivity index (χ0v) is 13.9. The molecule has 7 heteroatoms. The number of fused-ring (bicyclic) bond motifs is 3. The summed E-state index contributed by atoms with van der Waals surface area (Å²) in [7, 11) is 0. The van der Waals surface area contributed by atoms with E-state index in [4.69, 9.17) is 15.7 Å². The Morgan fingerprint density at radius 3 is 1.85 bits per heavy atom. The molecule has 1 saturated heterocycles. The fraction of sp³-hybridized carbons (Fsp3) is 0.211. The summed E-state index contributed by atoms with van der Waals surface area (Å²) < 4.78 is 4.98. The summed E-state index contributed by atoms with van der Waals surface area (Å²) in [5.74, 6) is -0.921. The third-order valence-corrected chi connectivity index (χ3v) is 4.38. The SMILES string of the molecule is NC(=O)OCC1c2ccccc2-c2ccccc21.O=C1CCC(=O)N1O. The molecule has 0 aromatic heterocycles. The normalized spacial score (nSPS) is 15.2. The largest absolute Gasteiger partial charge is 0.449 e. The first kappa shape index (κ1) is 17.6. The van der Waals surface area contributed by atoms with E-state index >= 15 is 0 Å². The molecule has 3 N–H and O–H groups in total. The van der Waals surface area contributed by atoms with Crippen molar-refractivity contribution in [3.8, 4) is 11.1 Å². The smallest absolute Gasteiger partial charge is 0.404 e. The van der Waals surface area contributed by atoms with Crippen LogP contribution in [0.1, 0.15) is 29.9 Å². The van der Waals surface area contributed by atoms with Gasteiger partial charge in [0.05, 0.1) is 0 Å². The second-order valence-electron chi connectivity index (χ2n) is 5.96. The summed E-state index contributed by atoms with van der Waals surface area (Å²) in [5, 5.41) is 8.57. The minimum absolute atomic E-state index is 0.0879. The van der Waals surface area contributed by atoms with E-state index in [1.807, 2.05) is 24.3 Å². The third-order valence-electron chi connectivity index (χ3n) is 4.38. The number of nitrogens with zero attached hydrogens (tertiary/aromatic N) is 1. The molecule has 26 heavy (non-hydrogen) atoms. The highest BCUT2D eigenvalue weighted by atomic mass is 16.5. The van der Waals surface area contributed by atoms with Gasteiger partial charge in [0.2, 0.25) is 0 Å². The second kappa shape index (κ2) is 7.37. The maximum atomic E-state index is 10.8. The van der Waals surface area contributed by atoms with E-state index in [-0.39, 0.29) is 23.8 Å². The first-order valence-corrected chi connectivity index (χ1v) is 8.14. The quantitative estimate of drug-likeness (QED) is 0.636. The van der Waals surface area contributed by atoms with Crippen molar-refractivity contribution in [1.29, 1.82) is 0 Å². The Bertz CT molecular complexity index is 803. The van der Waals surface area contributed by atoms with Gasteiger partial charge in [0.25, 0.3) is 11.8 Å². The lowest BCUT2D eigenvalue weighted by molar-refractivity contribution is -0.171. The number of hydrogen-bond acceptors (Lipinski definition) is 5. The Balaban J connectivity index is 0.000000206. The standard InChI is InChI=1S/C15H13NO2.C4H5NO3/c16-15(17)18-9-14-12-7-3-1-5-10(12)11-6-2-4-8-13(11)14;6-3-1-2-4(7)5(3)8/h1-8,14H,9H2,(H2,16,17);8H,1-2H2. The number of rotatable bonds is 2. The Labute approximate surface area is 149 Å². The number of nitrogens with two attached hydrogens (primary N) is 1. The van der Waals surface area contributed by atoms with Gasteiger partial charge >= 0.3 is 6.09 Å². The summed E-state index contributed by atoms with van der Waals surface area (Å²) in [6.45, 7) is 0.295. The van der Waals surface area contributed by atoms with E-state index in [1.165, 1.54) is 22.3 Å². The van der Waals surface area contributed by atoms with E-state index in [9.17, 15) is 14.4 Å². The Kier molecular flexibility index (Phi) is 4.99. The molecule has 4 rings (SSSR count). The van der Waals surface area contributed by atoms with E-state index in [1.54, 1.807) is 0 Å². The molecule has 0 unspecified atom stereocenters. The van der Waals surface area contributed by atoms with E-state index in [0.29, 0.717) is 6.61 Å². The number of hydroxylamine groups is 2. The third kappa shape index (κ3) is 3.43. The van der Waals surface area contributed by atoms with Gasteiger partial charge in [-0.1, -0.05) is 48.5 Å². The van der Waals surface area contributed by atoms with Crippen LogP contribution in [0.15, 0.2) is 48.5 Å². The molecule has 0 atom stereocenters. The highest BCUT2D eigenvalue weighted by Crippen LogP contribution is 2.44. The van der Waals surface area contributed by atoms with Crippen LogP contribution in [0.3, 0.4) is 0 Å². The molecule has 2 aromatic carbocycles. The molecule has 1 fully saturated rings. The number of amides is 3. The van der Waals surface area contributed by atoms with Crippen LogP contribution in [0.2, 0.25) is 0 Å². The molecule has 0 spiro atoms. The maximum absolute atomic E-state index is 10.8. The average molecular weight is 354 g/mol. The van der Waals surface area contributed by atoms with Crippen LogP contribution in [0.25, 0.3) is 11.1 Å². The molecule has 134 valence electrons. The van der Waals surface area contributed by atoms with Gasteiger partial charge in [-0.3, -0.25) is 14.8 Å². The van der Waals surface area contributed by atoms with Crippen molar-refractivity contribution < 1.29 is 24.3 Å². The highest BCUT2D eigenvalue weighted by molar-refractivity contribution is 6.00. The minimum atomic E-state index is -0.725. The van der Waals surface area contributed by atoms with Crippen molar-refractivity contribution in [3.63, 3.8) is 0 Å². The lowest BCUT2D eigenvalue weighted by Crippen LogP contribution is -2.24. The topological polar surface area (TPSA) is 110 Å². The van der Waals surface area contributed by atoms with E-state index < -0.39 is 17.9 Å². The van der Waals surface area contributed by atoms with Gasteiger partial charge in [0.15, 0.2) is 0 Å². The van der Waals surface area contributed by atoms with Gasteiger partial charge in [0.1, 0.15) is 6.61 Å². The van der Waals surface area contributed by atoms with Crippen molar-refractivity contribution in [2.24, 2.45) is 5.73 Å². The second-order valence-corrected chi connectivity index (χ2v) is 5.96. The van der Waals surface area contributed by atoms with Crippen molar-refractivity contribution in [2.45, 2.75) is 18.8 Å². The summed E-state index contributed by atoms with van der Waals surface area (Å²) in [5.41, 5.74) is 9.87. The van der Waals surface area contributed by atoms with Gasteiger partial charge < -0.3 is 10.5 Å². The van der Waals surface area contributed by atoms with Crippen LogP contribution in [0.5, 0.6) is 0 Å². The molecule has 1 heterocycles. The number of hydrogen-bond donors (Lipinski definition) is 2. The molecule has 0 saturated carbocycles. The van der Waals surface area contributed by atoms with E-state index in [2.05, 4.69) is 24.3 Å². The summed E-state index contributed by atoms with van der Waals surface area (Å²) in [4.78, 5) is 31.3. The van der Waals surface area contributed by atoms with Crippen molar-refractivity contribution in [1.82, 2.24) is 5.06 Å². The first-order valence-electron chi connectivity index (χ1n) is 8.14. The lowest BCUT2D eigenvalue weighted by atomic mass is 9.98. The Morgan fingerprint density at radius 1 is 1.00 bits per heavy atom. The van der Waals surface area contributed by atoms with Gasteiger partial charge in [-0.2, -0.15) is 5.06 Å². The number of imide groups is 1. The summed E-state index contributed by atoms with van der Waals surface area (Å²) >= 11 is 0. The highest BCUT2D eigenvalue weighted by Gasteiger charge is 2.28. The molecule has 7 nitrogen and oxygen atoms in total. The first-order chi connectivity index (χ1) is 12.5. The summed E-state index contributed by atoms with van der Waals surface area (Å²) in [6.07, 6.45) is -0.429. The molecule has 2 aromatic rings. The monoisotopic (exact) mass is 354 g/mol.